The highest BCUT2D eigenvalue weighted by molar-refractivity contribution is 6.42. The number of nitrogens with zero attached hydrogens (tertiary/aromatic N) is 1. The lowest BCUT2D eigenvalue weighted by atomic mass is 10.1. The van der Waals surface area contributed by atoms with Crippen LogP contribution in [0, 0.1) is 0 Å². The van der Waals surface area contributed by atoms with Gasteiger partial charge in [0.2, 0.25) is 5.91 Å². The van der Waals surface area contributed by atoms with Crippen LogP contribution in [0.15, 0.2) is 12.1 Å². The van der Waals surface area contributed by atoms with Gasteiger partial charge in [0.1, 0.15) is 0 Å². The van der Waals surface area contributed by atoms with Crippen LogP contribution < -0.4 is 10.6 Å². The van der Waals surface area contributed by atoms with E-state index in [1.165, 1.54) is 0 Å². The van der Waals surface area contributed by atoms with E-state index >= 15 is 0 Å². The van der Waals surface area contributed by atoms with Crippen LogP contribution in [0.3, 0.4) is 0 Å². The highest BCUT2D eigenvalue weighted by Crippen LogP contribution is 2.33. The molecular weight excluding hydrogens is 333 g/mol. The molecule has 2 atom stereocenters. The molecule has 0 radical (unpaired) electrons. The van der Waals surface area contributed by atoms with E-state index < -0.39 is 0 Å². The van der Waals surface area contributed by atoms with Crippen LogP contribution in [0.2, 0.25) is 15.1 Å². The molecule has 4 nitrogen and oxygen atoms in total. The van der Waals surface area contributed by atoms with Crippen molar-refractivity contribution in [3.8, 4) is 0 Å². The average molecular weight is 351 g/mol. The third-order valence-corrected chi connectivity index (χ3v) is 4.33. The summed E-state index contributed by atoms with van der Waals surface area (Å²) in [5.74, 6) is -0.137. The van der Waals surface area contributed by atoms with Gasteiger partial charge in [0.15, 0.2) is 0 Å². The Bertz CT molecular complexity index is 515. The molecule has 21 heavy (non-hydrogen) atoms. The summed E-state index contributed by atoms with van der Waals surface area (Å²) in [6, 6.07) is 3.79. The SMILES string of the molecule is CC1CN(CC(=O)Nc2c(Cl)cc(Cl)cc2Cl)C(C)CN1. The lowest BCUT2D eigenvalue weighted by Crippen LogP contribution is -2.55. The molecule has 2 rings (SSSR count). The molecule has 0 saturated carbocycles. The summed E-state index contributed by atoms with van der Waals surface area (Å²) in [7, 11) is 0. The van der Waals surface area contributed by atoms with Crippen molar-refractivity contribution in [1.82, 2.24) is 10.2 Å². The number of hydrogen-bond donors (Lipinski definition) is 2. The number of halogens is 3. The topological polar surface area (TPSA) is 44.4 Å². The Morgan fingerprint density at radius 1 is 1.33 bits per heavy atom. The smallest absolute Gasteiger partial charge is 0.238 e. The predicted octanol–water partition coefficient (Wildman–Crippen LogP) is 3.27. The number of piperazine rings is 1. The summed E-state index contributed by atoms with van der Waals surface area (Å²) in [6.45, 7) is 6.20. The minimum atomic E-state index is -0.137. The number of amides is 1. The molecule has 0 aromatic heterocycles. The number of rotatable bonds is 3. The highest BCUT2D eigenvalue weighted by atomic mass is 35.5. The van der Waals surface area contributed by atoms with Gasteiger partial charge < -0.3 is 10.6 Å². The van der Waals surface area contributed by atoms with E-state index in [4.69, 9.17) is 34.8 Å². The van der Waals surface area contributed by atoms with Crippen LogP contribution in [-0.2, 0) is 4.79 Å². The highest BCUT2D eigenvalue weighted by Gasteiger charge is 2.24. The summed E-state index contributed by atoms with van der Waals surface area (Å²) >= 11 is 18.0. The molecule has 0 bridgehead atoms. The molecule has 7 heteroatoms. The van der Waals surface area contributed by atoms with E-state index in [0.717, 1.165) is 13.1 Å². The van der Waals surface area contributed by atoms with Crippen molar-refractivity contribution in [3.63, 3.8) is 0 Å². The lowest BCUT2D eigenvalue weighted by Gasteiger charge is -2.36. The number of carbonyl (C=O) groups is 1. The van der Waals surface area contributed by atoms with Crippen molar-refractivity contribution in [3.05, 3.63) is 27.2 Å². The normalized spacial score (nSPS) is 23.1. The summed E-state index contributed by atoms with van der Waals surface area (Å²) in [5.41, 5.74) is 0.406. The maximum absolute atomic E-state index is 12.2. The van der Waals surface area contributed by atoms with E-state index in [2.05, 4.69) is 29.4 Å². The Balaban J connectivity index is 2.02. The van der Waals surface area contributed by atoms with Crippen LogP contribution in [0.1, 0.15) is 13.8 Å². The first-order valence-electron chi connectivity index (χ1n) is 6.78. The van der Waals surface area contributed by atoms with Gasteiger partial charge in [-0.3, -0.25) is 9.69 Å². The number of hydrogen-bond acceptors (Lipinski definition) is 3. The van der Waals surface area contributed by atoms with Crippen molar-refractivity contribution < 1.29 is 4.79 Å². The fourth-order valence-electron chi connectivity index (χ4n) is 2.34. The molecule has 1 heterocycles. The van der Waals surface area contributed by atoms with E-state index in [-0.39, 0.29) is 5.91 Å². The molecule has 0 spiro atoms. The number of carbonyl (C=O) groups excluding carboxylic acids is 1. The summed E-state index contributed by atoms with van der Waals surface area (Å²) in [5, 5.41) is 7.25. The summed E-state index contributed by atoms with van der Waals surface area (Å²) in [4.78, 5) is 14.3. The Morgan fingerprint density at radius 3 is 2.57 bits per heavy atom. The van der Waals surface area contributed by atoms with E-state index in [0.29, 0.717) is 39.4 Å². The maximum Gasteiger partial charge on any atom is 0.238 e. The first-order chi connectivity index (χ1) is 9.86. The molecule has 1 aliphatic heterocycles. The predicted molar refractivity (Wildman–Crippen MR) is 88.6 cm³/mol. The molecule has 116 valence electrons. The molecule has 1 aromatic carbocycles. The van der Waals surface area contributed by atoms with Gasteiger partial charge in [-0.25, -0.2) is 0 Å². The van der Waals surface area contributed by atoms with Crippen LogP contribution >= 0.6 is 34.8 Å². The molecule has 0 aliphatic carbocycles. The van der Waals surface area contributed by atoms with Crippen molar-refractivity contribution in [2.75, 3.05) is 25.0 Å². The van der Waals surface area contributed by atoms with Gasteiger partial charge in [-0.05, 0) is 26.0 Å². The average Bonchev–Trinajstić information content (AvgIpc) is 2.38. The molecule has 1 aromatic rings. The largest absolute Gasteiger partial charge is 0.322 e. The zero-order valence-corrected chi connectivity index (χ0v) is 14.2. The van der Waals surface area contributed by atoms with Crippen LogP contribution in [0.5, 0.6) is 0 Å². The third kappa shape index (κ3) is 4.47. The number of anilines is 1. The van der Waals surface area contributed by atoms with Crippen molar-refractivity contribution in [2.24, 2.45) is 0 Å². The monoisotopic (exact) mass is 349 g/mol. The summed E-state index contributed by atoms with van der Waals surface area (Å²) in [6.07, 6.45) is 0. The van der Waals surface area contributed by atoms with Gasteiger partial charge in [-0.2, -0.15) is 0 Å². The van der Waals surface area contributed by atoms with Crippen LogP contribution in [0.25, 0.3) is 0 Å². The molecule has 1 amide bonds. The summed E-state index contributed by atoms with van der Waals surface area (Å²) < 4.78 is 0. The quantitative estimate of drug-likeness (QED) is 0.879. The van der Waals surface area contributed by atoms with Crippen LogP contribution in [0.4, 0.5) is 5.69 Å². The third-order valence-electron chi connectivity index (χ3n) is 3.51. The fraction of sp³-hybridized carbons (Fsp3) is 0.500. The van der Waals surface area contributed by atoms with E-state index in [9.17, 15) is 4.79 Å². The second-order valence-electron chi connectivity index (χ2n) is 5.38. The van der Waals surface area contributed by atoms with Gasteiger partial charge in [0.05, 0.1) is 22.3 Å². The molecule has 1 aliphatic rings. The molecule has 1 fully saturated rings. The van der Waals surface area contributed by atoms with Crippen LogP contribution in [-0.4, -0.2) is 42.5 Å². The second-order valence-corrected chi connectivity index (χ2v) is 6.63. The Labute approximate surface area is 139 Å². The van der Waals surface area contributed by atoms with E-state index in [1.807, 2.05) is 0 Å². The van der Waals surface area contributed by atoms with Crippen molar-refractivity contribution >= 4 is 46.4 Å². The Morgan fingerprint density at radius 2 is 1.95 bits per heavy atom. The molecule has 2 N–H and O–H groups in total. The number of nitrogens with one attached hydrogen (secondary N) is 2. The molecular formula is C14H18Cl3N3O. The van der Waals surface area contributed by atoms with Gasteiger partial charge in [-0.15, -0.1) is 0 Å². The minimum Gasteiger partial charge on any atom is -0.322 e. The molecule has 2 unspecified atom stereocenters. The Kier molecular flexibility index (Phi) is 5.74. The maximum atomic E-state index is 12.2. The lowest BCUT2D eigenvalue weighted by molar-refractivity contribution is -0.118. The first-order valence-corrected chi connectivity index (χ1v) is 7.92. The van der Waals surface area contributed by atoms with Gasteiger partial charge >= 0.3 is 0 Å². The standard InChI is InChI=1S/C14H18Cl3N3O/c1-8-6-20(9(2)5-18-8)7-13(21)19-14-11(16)3-10(15)4-12(14)17/h3-4,8-9,18H,5-7H2,1-2H3,(H,19,21). The Hall–Kier alpha value is -0.520. The zero-order valence-electron chi connectivity index (χ0n) is 11.9. The first kappa shape index (κ1) is 16.8. The molecule has 1 saturated heterocycles. The van der Waals surface area contributed by atoms with Gasteiger partial charge in [0, 0.05) is 30.2 Å². The minimum absolute atomic E-state index is 0.137. The second kappa shape index (κ2) is 7.16. The van der Waals surface area contributed by atoms with Crippen molar-refractivity contribution in [1.29, 1.82) is 0 Å². The number of benzene rings is 1. The zero-order chi connectivity index (χ0) is 15.6. The van der Waals surface area contributed by atoms with Gasteiger partial charge in [0.25, 0.3) is 0 Å². The van der Waals surface area contributed by atoms with E-state index in [1.54, 1.807) is 12.1 Å². The van der Waals surface area contributed by atoms with Gasteiger partial charge in [-0.1, -0.05) is 34.8 Å². The fourth-order valence-corrected chi connectivity index (χ4v) is 3.25. The van der Waals surface area contributed by atoms with Crippen molar-refractivity contribution in [2.45, 2.75) is 25.9 Å².